The summed E-state index contributed by atoms with van der Waals surface area (Å²) in [6.45, 7) is 8.90. The minimum atomic E-state index is -0.420. The van der Waals surface area contributed by atoms with Crippen LogP contribution in [-0.2, 0) is 11.2 Å². The van der Waals surface area contributed by atoms with Gasteiger partial charge in [-0.25, -0.2) is 0 Å². The summed E-state index contributed by atoms with van der Waals surface area (Å²) in [5, 5.41) is 13.0. The van der Waals surface area contributed by atoms with Gasteiger partial charge in [-0.15, -0.1) is 0 Å². The van der Waals surface area contributed by atoms with Gasteiger partial charge in [0.2, 0.25) is 0 Å². The van der Waals surface area contributed by atoms with Crippen LogP contribution in [0.4, 0.5) is 0 Å². The third-order valence-electron chi connectivity index (χ3n) is 2.81. The van der Waals surface area contributed by atoms with Crippen LogP contribution in [0.5, 0.6) is 0 Å². The van der Waals surface area contributed by atoms with Crippen molar-refractivity contribution in [2.24, 2.45) is 5.92 Å². The molecule has 0 amide bonds. The van der Waals surface area contributed by atoms with E-state index in [1.165, 1.54) is 11.1 Å². The van der Waals surface area contributed by atoms with Gasteiger partial charge in [-0.2, -0.15) is 0 Å². The first-order valence-corrected chi connectivity index (χ1v) is 7.10. The Labute approximate surface area is 117 Å². The Morgan fingerprint density at radius 1 is 1.26 bits per heavy atom. The highest BCUT2D eigenvalue weighted by molar-refractivity contribution is 5.22. The normalized spacial score (nSPS) is 12.9. The van der Waals surface area contributed by atoms with Gasteiger partial charge < -0.3 is 15.2 Å². The van der Waals surface area contributed by atoms with Gasteiger partial charge in [0.15, 0.2) is 0 Å². The zero-order chi connectivity index (χ0) is 14.1. The maximum Gasteiger partial charge on any atom is 0.0897 e. The van der Waals surface area contributed by atoms with E-state index in [0.717, 1.165) is 13.0 Å². The maximum absolute atomic E-state index is 9.72. The molecule has 1 aromatic rings. The number of ether oxygens (including phenoxy) is 1. The Morgan fingerprint density at radius 3 is 2.74 bits per heavy atom. The third kappa shape index (κ3) is 7.98. The molecule has 1 rings (SSSR count). The Balaban J connectivity index is 2.07. The third-order valence-corrected chi connectivity index (χ3v) is 2.81. The number of aliphatic hydroxyl groups excluding tert-OH is 1. The fourth-order valence-electron chi connectivity index (χ4n) is 1.87. The van der Waals surface area contributed by atoms with E-state index in [0.29, 0.717) is 25.7 Å². The predicted octanol–water partition coefficient (Wildman–Crippen LogP) is 2.16. The highest BCUT2D eigenvalue weighted by Gasteiger charge is 2.04. The molecule has 0 radical (unpaired) electrons. The lowest BCUT2D eigenvalue weighted by Crippen LogP contribution is -2.32. The van der Waals surface area contributed by atoms with E-state index in [4.69, 9.17) is 4.74 Å². The van der Waals surface area contributed by atoms with Crippen LogP contribution in [0.2, 0.25) is 0 Å². The Bertz CT molecular complexity index is 352. The van der Waals surface area contributed by atoms with Crippen molar-refractivity contribution in [3.63, 3.8) is 0 Å². The Morgan fingerprint density at radius 2 is 2.05 bits per heavy atom. The largest absolute Gasteiger partial charge is 0.389 e. The second-order valence-electron chi connectivity index (χ2n) is 5.53. The van der Waals surface area contributed by atoms with Gasteiger partial charge in [-0.1, -0.05) is 43.7 Å². The number of nitrogens with one attached hydrogen (secondary N) is 1. The molecule has 1 aromatic carbocycles. The lowest BCUT2D eigenvalue weighted by Gasteiger charge is -2.13. The van der Waals surface area contributed by atoms with Gasteiger partial charge in [0.1, 0.15) is 0 Å². The summed E-state index contributed by atoms with van der Waals surface area (Å²) in [7, 11) is 0. The maximum atomic E-state index is 9.72. The summed E-state index contributed by atoms with van der Waals surface area (Å²) >= 11 is 0. The minimum absolute atomic E-state index is 0.412. The molecule has 0 aromatic heterocycles. The Kier molecular flexibility index (Phi) is 7.72. The van der Waals surface area contributed by atoms with Crippen LogP contribution in [0.15, 0.2) is 24.3 Å². The van der Waals surface area contributed by atoms with Crippen molar-refractivity contribution in [1.82, 2.24) is 5.32 Å². The molecule has 108 valence electrons. The van der Waals surface area contributed by atoms with Crippen LogP contribution in [0.25, 0.3) is 0 Å². The molecular formula is C16H27NO2. The van der Waals surface area contributed by atoms with Crippen LogP contribution in [0.1, 0.15) is 25.0 Å². The molecule has 0 bridgehead atoms. The second kappa shape index (κ2) is 9.08. The van der Waals surface area contributed by atoms with Gasteiger partial charge in [0.05, 0.1) is 12.7 Å². The fraction of sp³-hybridized carbons (Fsp3) is 0.625. The molecule has 3 heteroatoms. The van der Waals surface area contributed by atoms with Crippen molar-refractivity contribution in [3.05, 3.63) is 35.4 Å². The number of rotatable bonds is 9. The van der Waals surface area contributed by atoms with Gasteiger partial charge in [0, 0.05) is 13.2 Å². The fourth-order valence-corrected chi connectivity index (χ4v) is 1.87. The molecule has 0 saturated carbocycles. The second-order valence-corrected chi connectivity index (χ2v) is 5.53. The zero-order valence-electron chi connectivity index (χ0n) is 12.4. The average Bonchev–Trinajstić information content (AvgIpc) is 2.34. The summed E-state index contributed by atoms with van der Waals surface area (Å²) < 4.78 is 5.40. The van der Waals surface area contributed by atoms with E-state index in [1.807, 2.05) is 0 Å². The van der Waals surface area contributed by atoms with Crippen LogP contribution in [0.3, 0.4) is 0 Å². The summed E-state index contributed by atoms with van der Waals surface area (Å²) in [6, 6.07) is 8.52. The molecule has 0 spiro atoms. The molecule has 1 unspecified atom stereocenters. The molecule has 0 fully saturated rings. The zero-order valence-corrected chi connectivity index (χ0v) is 12.4. The highest BCUT2D eigenvalue weighted by Crippen LogP contribution is 2.03. The molecule has 19 heavy (non-hydrogen) atoms. The van der Waals surface area contributed by atoms with Gasteiger partial charge in [-0.05, 0) is 31.4 Å². The number of hydrogen-bond donors (Lipinski definition) is 2. The van der Waals surface area contributed by atoms with Gasteiger partial charge >= 0.3 is 0 Å². The van der Waals surface area contributed by atoms with E-state index in [9.17, 15) is 5.11 Å². The number of benzene rings is 1. The van der Waals surface area contributed by atoms with E-state index in [2.05, 4.69) is 50.4 Å². The molecule has 0 aliphatic heterocycles. The summed E-state index contributed by atoms with van der Waals surface area (Å²) in [4.78, 5) is 0. The first-order chi connectivity index (χ1) is 9.08. The quantitative estimate of drug-likeness (QED) is 0.672. The van der Waals surface area contributed by atoms with Gasteiger partial charge in [-0.3, -0.25) is 0 Å². The van der Waals surface area contributed by atoms with Crippen molar-refractivity contribution >= 4 is 0 Å². The lowest BCUT2D eigenvalue weighted by molar-refractivity contribution is 0.0263. The first kappa shape index (κ1) is 16.2. The monoisotopic (exact) mass is 265 g/mol. The molecule has 0 aliphatic rings. The average molecular weight is 265 g/mol. The topological polar surface area (TPSA) is 41.5 Å². The smallest absolute Gasteiger partial charge is 0.0897 e. The first-order valence-electron chi connectivity index (χ1n) is 7.10. The highest BCUT2D eigenvalue weighted by atomic mass is 16.5. The van der Waals surface area contributed by atoms with E-state index in [-0.39, 0.29) is 0 Å². The molecule has 3 nitrogen and oxygen atoms in total. The predicted molar refractivity (Wildman–Crippen MR) is 79.4 cm³/mol. The van der Waals surface area contributed by atoms with Crippen LogP contribution >= 0.6 is 0 Å². The summed E-state index contributed by atoms with van der Waals surface area (Å²) in [5.41, 5.74) is 2.62. The van der Waals surface area contributed by atoms with Crippen molar-refractivity contribution in [3.8, 4) is 0 Å². The van der Waals surface area contributed by atoms with Crippen LogP contribution in [0, 0.1) is 12.8 Å². The number of aryl methyl sites for hydroxylation is 1. The minimum Gasteiger partial charge on any atom is -0.389 e. The summed E-state index contributed by atoms with van der Waals surface area (Å²) in [6.07, 6.45) is 0.567. The summed E-state index contributed by atoms with van der Waals surface area (Å²) in [5.74, 6) is 0.515. The number of aliphatic hydroxyl groups is 1. The molecule has 0 saturated heterocycles. The molecule has 0 heterocycles. The van der Waals surface area contributed by atoms with Crippen molar-refractivity contribution in [1.29, 1.82) is 0 Å². The lowest BCUT2D eigenvalue weighted by atomic mass is 10.1. The SMILES string of the molecule is Cc1cccc(CCNCC(O)COCC(C)C)c1. The molecule has 0 aliphatic carbocycles. The number of hydrogen-bond acceptors (Lipinski definition) is 3. The molecule has 1 atom stereocenters. The van der Waals surface area contributed by atoms with Crippen LogP contribution < -0.4 is 5.32 Å². The molecule has 2 N–H and O–H groups in total. The van der Waals surface area contributed by atoms with Crippen molar-refractivity contribution < 1.29 is 9.84 Å². The van der Waals surface area contributed by atoms with Gasteiger partial charge in [0.25, 0.3) is 0 Å². The Hall–Kier alpha value is -0.900. The van der Waals surface area contributed by atoms with E-state index in [1.54, 1.807) is 0 Å². The van der Waals surface area contributed by atoms with Crippen molar-refractivity contribution in [2.75, 3.05) is 26.3 Å². The molecular weight excluding hydrogens is 238 g/mol. The van der Waals surface area contributed by atoms with E-state index >= 15 is 0 Å². The standard InChI is InChI=1S/C16H27NO2/c1-13(2)11-19-12-16(18)10-17-8-7-15-6-4-5-14(3)9-15/h4-6,9,13,16-18H,7-8,10-12H2,1-3H3. The van der Waals surface area contributed by atoms with E-state index < -0.39 is 6.10 Å². The van der Waals surface area contributed by atoms with Crippen LogP contribution in [-0.4, -0.2) is 37.5 Å². The van der Waals surface area contributed by atoms with Crippen molar-refractivity contribution in [2.45, 2.75) is 33.3 Å².